The van der Waals surface area contributed by atoms with E-state index >= 15 is 0 Å². The van der Waals surface area contributed by atoms with Gasteiger partial charge in [-0.15, -0.1) is 21.5 Å². The maximum atomic E-state index is 12.3. The molecule has 2 aromatic carbocycles. The Balaban J connectivity index is 1.50. The van der Waals surface area contributed by atoms with Crippen molar-refractivity contribution in [3.63, 3.8) is 0 Å². The molecule has 0 aliphatic carbocycles. The minimum absolute atomic E-state index is 0.0797. The number of anilines is 1. The van der Waals surface area contributed by atoms with Gasteiger partial charge < -0.3 is 5.32 Å². The van der Waals surface area contributed by atoms with Crippen LogP contribution >= 0.6 is 34.7 Å². The van der Waals surface area contributed by atoms with Crippen LogP contribution in [0.1, 0.15) is 5.56 Å². The molecule has 0 bridgehead atoms. The average Bonchev–Trinajstić information content (AvgIpc) is 3.25. The van der Waals surface area contributed by atoms with Crippen molar-refractivity contribution in [3.8, 4) is 11.3 Å². The van der Waals surface area contributed by atoms with E-state index in [0.29, 0.717) is 10.2 Å². The number of rotatable bonds is 5. The van der Waals surface area contributed by atoms with E-state index in [1.54, 1.807) is 0 Å². The summed E-state index contributed by atoms with van der Waals surface area (Å²) in [5, 5.41) is 14.7. The number of carbonyl (C=O) groups is 1. The van der Waals surface area contributed by atoms with Gasteiger partial charge in [0.1, 0.15) is 0 Å². The highest BCUT2D eigenvalue weighted by atomic mass is 35.5. The summed E-state index contributed by atoms with van der Waals surface area (Å²) in [6, 6.07) is 15.3. The highest BCUT2D eigenvalue weighted by Gasteiger charge is 2.15. The van der Waals surface area contributed by atoms with Crippen LogP contribution in [0, 0.1) is 6.92 Å². The predicted octanol–water partition coefficient (Wildman–Crippen LogP) is 5.15. The number of aryl methyl sites for hydroxylation is 1. The molecule has 0 radical (unpaired) electrons. The van der Waals surface area contributed by atoms with Gasteiger partial charge in [0.05, 0.1) is 11.4 Å². The van der Waals surface area contributed by atoms with E-state index in [1.807, 2.05) is 65.2 Å². The van der Waals surface area contributed by atoms with Crippen molar-refractivity contribution in [1.82, 2.24) is 14.6 Å². The van der Waals surface area contributed by atoms with E-state index in [9.17, 15) is 4.79 Å². The van der Waals surface area contributed by atoms with Crippen molar-refractivity contribution < 1.29 is 4.79 Å². The molecule has 8 heteroatoms. The summed E-state index contributed by atoms with van der Waals surface area (Å²) in [7, 11) is 0. The molecule has 4 rings (SSSR count). The number of thiazole rings is 1. The SMILES string of the molecule is Cc1ccc(NC(=O)CSc2nnc3scc(-c4ccc(Cl)cc4)n23)cc1. The molecule has 1 amide bonds. The zero-order valence-corrected chi connectivity index (χ0v) is 16.7. The van der Waals surface area contributed by atoms with E-state index in [1.165, 1.54) is 23.1 Å². The fourth-order valence-corrected chi connectivity index (χ4v) is 4.34. The Hall–Kier alpha value is -2.35. The molecule has 0 saturated carbocycles. The summed E-state index contributed by atoms with van der Waals surface area (Å²) in [5.74, 6) is 0.175. The van der Waals surface area contributed by atoms with Crippen molar-refractivity contribution in [2.45, 2.75) is 12.1 Å². The van der Waals surface area contributed by atoms with Crippen LogP contribution < -0.4 is 5.32 Å². The van der Waals surface area contributed by atoms with Crippen LogP contribution in [0.2, 0.25) is 5.02 Å². The number of thioether (sulfide) groups is 1. The first-order chi connectivity index (χ1) is 13.1. The summed E-state index contributed by atoms with van der Waals surface area (Å²) in [6.45, 7) is 2.01. The van der Waals surface area contributed by atoms with Gasteiger partial charge in [-0.2, -0.15) is 0 Å². The molecule has 0 fully saturated rings. The minimum Gasteiger partial charge on any atom is -0.325 e. The average molecular weight is 415 g/mol. The Kier molecular flexibility index (Phi) is 5.15. The van der Waals surface area contributed by atoms with Crippen LogP contribution in [0.3, 0.4) is 0 Å². The first-order valence-electron chi connectivity index (χ1n) is 8.18. The van der Waals surface area contributed by atoms with E-state index in [0.717, 1.165) is 27.5 Å². The van der Waals surface area contributed by atoms with Gasteiger partial charge in [0, 0.05) is 16.1 Å². The molecule has 0 saturated heterocycles. The number of benzene rings is 2. The van der Waals surface area contributed by atoms with Crippen molar-refractivity contribution in [1.29, 1.82) is 0 Å². The summed E-state index contributed by atoms with van der Waals surface area (Å²) in [6.07, 6.45) is 0. The predicted molar refractivity (Wildman–Crippen MR) is 112 cm³/mol. The molecule has 0 aliphatic rings. The number of hydrogen-bond donors (Lipinski definition) is 1. The molecule has 1 N–H and O–H groups in total. The molecular formula is C19H15ClN4OS2. The molecule has 4 aromatic rings. The van der Waals surface area contributed by atoms with Gasteiger partial charge >= 0.3 is 0 Å². The zero-order valence-electron chi connectivity index (χ0n) is 14.3. The number of fused-ring (bicyclic) bond motifs is 1. The Morgan fingerprint density at radius 1 is 1.15 bits per heavy atom. The van der Waals surface area contributed by atoms with Crippen molar-refractivity contribution >= 4 is 51.3 Å². The van der Waals surface area contributed by atoms with Crippen molar-refractivity contribution in [3.05, 3.63) is 64.5 Å². The quantitative estimate of drug-likeness (QED) is 0.459. The van der Waals surface area contributed by atoms with Gasteiger partial charge in [0.15, 0.2) is 5.16 Å². The van der Waals surface area contributed by atoms with E-state index in [-0.39, 0.29) is 11.7 Å². The fourth-order valence-electron chi connectivity index (χ4n) is 2.58. The number of nitrogens with zero attached hydrogens (tertiary/aromatic N) is 3. The van der Waals surface area contributed by atoms with Gasteiger partial charge in [0.2, 0.25) is 10.9 Å². The Bertz CT molecular complexity index is 1090. The smallest absolute Gasteiger partial charge is 0.234 e. The van der Waals surface area contributed by atoms with Crippen molar-refractivity contribution in [2.24, 2.45) is 0 Å². The van der Waals surface area contributed by atoms with E-state index < -0.39 is 0 Å². The molecule has 0 unspecified atom stereocenters. The second-order valence-electron chi connectivity index (χ2n) is 5.93. The third kappa shape index (κ3) is 4.00. The van der Waals surface area contributed by atoms with Crippen LogP contribution in [0.5, 0.6) is 0 Å². The second-order valence-corrected chi connectivity index (χ2v) is 8.15. The monoisotopic (exact) mass is 414 g/mol. The lowest BCUT2D eigenvalue weighted by Crippen LogP contribution is -2.14. The third-order valence-electron chi connectivity index (χ3n) is 3.93. The minimum atomic E-state index is -0.0797. The van der Waals surface area contributed by atoms with E-state index in [2.05, 4.69) is 15.5 Å². The first kappa shape index (κ1) is 18.0. The van der Waals surface area contributed by atoms with Gasteiger partial charge in [0.25, 0.3) is 0 Å². The third-order valence-corrected chi connectivity index (χ3v) is 5.93. The van der Waals surface area contributed by atoms with Crippen LogP contribution in [-0.2, 0) is 4.79 Å². The molecule has 0 atom stereocenters. The fraction of sp³-hybridized carbons (Fsp3) is 0.105. The number of nitrogens with one attached hydrogen (secondary N) is 1. The number of hydrogen-bond acceptors (Lipinski definition) is 5. The summed E-state index contributed by atoms with van der Waals surface area (Å²) >= 11 is 8.86. The summed E-state index contributed by atoms with van der Waals surface area (Å²) < 4.78 is 1.97. The lowest BCUT2D eigenvalue weighted by atomic mass is 10.2. The van der Waals surface area contributed by atoms with E-state index in [4.69, 9.17) is 11.6 Å². The van der Waals surface area contributed by atoms with Crippen LogP contribution in [-0.4, -0.2) is 26.3 Å². The number of halogens is 1. The van der Waals surface area contributed by atoms with Crippen molar-refractivity contribution in [2.75, 3.05) is 11.1 Å². The van der Waals surface area contributed by atoms with Gasteiger partial charge in [-0.05, 0) is 36.8 Å². The Morgan fingerprint density at radius 3 is 2.63 bits per heavy atom. The second kappa shape index (κ2) is 7.72. The topological polar surface area (TPSA) is 59.3 Å². The van der Waals surface area contributed by atoms with Gasteiger partial charge in [-0.1, -0.05) is 53.2 Å². The zero-order chi connectivity index (χ0) is 18.8. The highest BCUT2D eigenvalue weighted by molar-refractivity contribution is 7.99. The van der Waals surface area contributed by atoms with Crippen LogP contribution in [0.15, 0.2) is 59.1 Å². The lowest BCUT2D eigenvalue weighted by molar-refractivity contribution is -0.113. The van der Waals surface area contributed by atoms with Crippen LogP contribution in [0.4, 0.5) is 5.69 Å². The molecule has 5 nitrogen and oxygen atoms in total. The maximum absolute atomic E-state index is 12.3. The molecule has 0 spiro atoms. The molecule has 2 aromatic heterocycles. The number of carbonyl (C=O) groups excluding carboxylic acids is 1. The molecular weight excluding hydrogens is 400 g/mol. The summed E-state index contributed by atoms with van der Waals surface area (Å²) in [5.41, 5.74) is 3.95. The summed E-state index contributed by atoms with van der Waals surface area (Å²) in [4.78, 5) is 13.1. The lowest BCUT2D eigenvalue weighted by Gasteiger charge is -2.06. The molecule has 2 heterocycles. The largest absolute Gasteiger partial charge is 0.325 e. The standard InChI is InChI=1S/C19H15ClN4OS2/c1-12-2-8-15(9-3-12)21-17(25)11-27-19-23-22-18-24(19)16(10-26-18)13-4-6-14(20)7-5-13/h2-10H,11H2,1H3,(H,21,25). The Morgan fingerprint density at radius 2 is 1.89 bits per heavy atom. The number of aromatic nitrogens is 3. The number of amides is 1. The normalized spacial score (nSPS) is 11.0. The maximum Gasteiger partial charge on any atom is 0.234 e. The van der Waals surface area contributed by atoms with Crippen LogP contribution in [0.25, 0.3) is 16.2 Å². The molecule has 136 valence electrons. The Labute approximate surface area is 169 Å². The first-order valence-corrected chi connectivity index (χ1v) is 10.4. The van der Waals surface area contributed by atoms with Gasteiger partial charge in [-0.25, -0.2) is 0 Å². The molecule has 27 heavy (non-hydrogen) atoms. The molecule has 0 aliphatic heterocycles. The highest BCUT2D eigenvalue weighted by Crippen LogP contribution is 2.30. The van der Waals surface area contributed by atoms with Gasteiger partial charge in [-0.3, -0.25) is 9.20 Å².